The second-order valence-electron chi connectivity index (χ2n) is 17.6. The number of rotatable bonds is 14. The van der Waals surface area contributed by atoms with Crippen LogP contribution in [-0.2, 0) is 44.1 Å². The standard InChI is InChI=1S/C40H62O6S/c1-36(2,3)28-21-26(33(43)30(23-28)38(7,8)9)15-13-18-40(35(45)46,25-47-20-17-32(41)42)19-14-16-27-22-29(37(4,5)6)24-31(34(27)44)39(10,11)12/h21-24,43-44H,13-20,25H2,1-12H3,(H,41,42)(H,45,46). The van der Waals surface area contributed by atoms with Gasteiger partial charge in [0.25, 0.3) is 0 Å². The molecule has 4 N–H and O–H groups in total. The van der Waals surface area contributed by atoms with Crippen LogP contribution in [0, 0.1) is 5.41 Å². The van der Waals surface area contributed by atoms with Gasteiger partial charge in [-0.2, -0.15) is 11.8 Å². The van der Waals surface area contributed by atoms with Gasteiger partial charge in [0.1, 0.15) is 11.5 Å². The fraction of sp³-hybridized carbons (Fsp3) is 0.650. The van der Waals surface area contributed by atoms with E-state index in [0.29, 0.717) is 50.0 Å². The maximum absolute atomic E-state index is 13.1. The van der Waals surface area contributed by atoms with Gasteiger partial charge in [0.05, 0.1) is 11.8 Å². The van der Waals surface area contributed by atoms with Crippen LogP contribution in [0.4, 0.5) is 0 Å². The minimum absolute atomic E-state index is 0.0214. The fourth-order valence-electron chi connectivity index (χ4n) is 5.99. The third-order valence-corrected chi connectivity index (χ3v) is 10.5. The molecule has 47 heavy (non-hydrogen) atoms. The Hall–Kier alpha value is -2.67. The molecule has 7 heteroatoms. The van der Waals surface area contributed by atoms with Crippen LogP contribution in [0.3, 0.4) is 0 Å². The van der Waals surface area contributed by atoms with Crippen molar-refractivity contribution in [2.45, 2.75) is 150 Å². The van der Waals surface area contributed by atoms with Crippen LogP contribution < -0.4 is 0 Å². The summed E-state index contributed by atoms with van der Waals surface area (Å²) in [5.74, 6) is -0.565. The molecule has 0 aliphatic heterocycles. The minimum Gasteiger partial charge on any atom is -0.507 e. The zero-order valence-electron chi connectivity index (χ0n) is 31.2. The van der Waals surface area contributed by atoms with Crippen molar-refractivity contribution in [3.8, 4) is 11.5 Å². The second-order valence-corrected chi connectivity index (χ2v) is 18.7. The maximum Gasteiger partial charge on any atom is 0.310 e. The van der Waals surface area contributed by atoms with Crippen LogP contribution in [0.1, 0.15) is 149 Å². The lowest BCUT2D eigenvalue weighted by atomic mass is 9.76. The number of benzene rings is 2. The van der Waals surface area contributed by atoms with Crippen LogP contribution in [0.15, 0.2) is 24.3 Å². The first kappa shape index (κ1) is 40.5. The highest BCUT2D eigenvalue weighted by atomic mass is 32.2. The van der Waals surface area contributed by atoms with Crippen LogP contribution >= 0.6 is 11.8 Å². The summed E-state index contributed by atoms with van der Waals surface area (Å²) in [4.78, 5) is 24.3. The van der Waals surface area contributed by atoms with Crippen molar-refractivity contribution in [3.63, 3.8) is 0 Å². The molecule has 2 rings (SSSR count). The van der Waals surface area contributed by atoms with Gasteiger partial charge in [0, 0.05) is 11.5 Å². The highest BCUT2D eigenvalue weighted by Gasteiger charge is 2.38. The smallest absolute Gasteiger partial charge is 0.310 e. The number of carboxylic acids is 2. The average molecular weight is 671 g/mol. The first-order valence-electron chi connectivity index (χ1n) is 17.1. The molecule has 0 amide bonds. The molecule has 2 aromatic carbocycles. The molecular formula is C40H62O6S. The van der Waals surface area contributed by atoms with Crippen molar-refractivity contribution < 1.29 is 30.0 Å². The van der Waals surface area contributed by atoms with Crippen molar-refractivity contribution in [1.82, 2.24) is 0 Å². The Kier molecular flexibility index (Phi) is 13.2. The molecule has 0 unspecified atom stereocenters. The molecule has 0 aliphatic carbocycles. The number of carboxylic acid groups (broad SMARTS) is 2. The summed E-state index contributed by atoms with van der Waals surface area (Å²) in [5.41, 5.74) is 3.90. The van der Waals surface area contributed by atoms with Gasteiger partial charge in [0.2, 0.25) is 0 Å². The van der Waals surface area contributed by atoms with Gasteiger partial charge in [-0.3, -0.25) is 9.59 Å². The third-order valence-electron chi connectivity index (χ3n) is 9.22. The molecule has 0 fully saturated rings. The summed E-state index contributed by atoms with van der Waals surface area (Å²) in [7, 11) is 0. The van der Waals surface area contributed by atoms with Crippen molar-refractivity contribution in [2.75, 3.05) is 11.5 Å². The summed E-state index contributed by atoms with van der Waals surface area (Å²) in [6, 6.07) is 8.31. The van der Waals surface area contributed by atoms with Gasteiger partial charge >= 0.3 is 11.9 Å². The van der Waals surface area contributed by atoms with E-state index >= 15 is 0 Å². The number of aromatic hydroxyl groups is 2. The second kappa shape index (κ2) is 15.3. The lowest BCUT2D eigenvalue weighted by Crippen LogP contribution is -2.34. The Bertz CT molecular complexity index is 1310. The van der Waals surface area contributed by atoms with Gasteiger partial charge < -0.3 is 20.4 Å². The average Bonchev–Trinajstić information content (AvgIpc) is 2.89. The van der Waals surface area contributed by atoms with Gasteiger partial charge in [-0.25, -0.2) is 0 Å². The highest BCUT2D eigenvalue weighted by Crippen LogP contribution is 2.42. The number of carbonyl (C=O) groups is 2. The van der Waals surface area contributed by atoms with Crippen LogP contribution in [-0.4, -0.2) is 43.9 Å². The molecule has 0 atom stereocenters. The molecule has 0 radical (unpaired) electrons. The Morgan fingerprint density at radius 3 is 1.30 bits per heavy atom. The van der Waals surface area contributed by atoms with E-state index in [1.54, 1.807) is 0 Å². The van der Waals surface area contributed by atoms with Crippen LogP contribution in [0.5, 0.6) is 11.5 Å². The molecule has 0 aromatic heterocycles. The van der Waals surface area contributed by atoms with E-state index in [1.165, 1.54) is 11.8 Å². The quantitative estimate of drug-likeness (QED) is 0.148. The number of phenolic OH excluding ortho intramolecular Hbond substituents is 2. The lowest BCUT2D eigenvalue weighted by molar-refractivity contribution is -0.148. The van der Waals surface area contributed by atoms with Gasteiger partial charge in [-0.05, 0) is 93.6 Å². The Morgan fingerprint density at radius 1 is 0.617 bits per heavy atom. The molecule has 0 aliphatic rings. The van der Waals surface area contributed by atoms with Crippen molar-refractivity contribution in [2.24, 2.45) is 5.41 Å². The number of phenols is 2. The largest absolute Gasteiger partial charge is 0.507 e. The van der Waals surface area contributed by atoms with E-state index < -0.39 is 17.4 Å². The number of hydrogen-bond acceptors (Lipinski definition) is 5. The Morgan fingerprint density at radius 2 is 1.00 bits per heavy atom. The molecule has 0 saturated heterocycles. The topological polar surface area (TPSA) is 115 Å². The maximum atomic E-state index is 13.1. The van der Waals surface area contributed by atoms with E-state index in [1.807, 2.05) is 0 Å². The monoisotopic (exact) mass is 670 g/mol. The van der Waals surface area contributed by atoms with Gasteiger partial charge in [-0.1, -0.05) is 107 Å². The van der Waals surface area contributed by atoms with Crippen LogP contribution in [0.25, 0.3) is 0 Å². The normalized spacial score (nSPS) is 13.2. The third kappa shape index (κ3) is 11.2. The molecule has 6 nitrogen and oxygen atoms in total. The predicted octanol–water partition coefficient (Wildman–Crippen LogP) is 9.91. The van der Waals surface area contributed by atoms with Crippen molar-refractivity contribution >= 4 is 23.7 Å². The first-order chi connectivity index (χ1) is 21.3. The number of aliphatic carboxylic acids is 2. The number of hydrogen-bond donors (Lipinski definition) is 4. The van der Waals surface area contributed by atoms with E-state index in [2.05, 4.69) is 107 Å². The first-order valence-corrected chi connectivity index (χ1v) is 18.2. The molecule has 264 valence electrons. The molecular weight excluding hydrogens is 609 g/mol. The number of aryl methyl sites for hydroxylation is 2. The Balaban J connectivity index is 2.42. The lowest BCUT2D eigenvalue weighted by Gasteiger charge is -2.31. The zero-order valence-corrected chi connectivity index (χ0v) is 32.0. The van der Waals surface area contributed by atoms with E-state index in [0.717, 1.165) is 33.4 Å². The summed E-state index contributed by atoms with van der Waals surface area (Å²) in [5, 5.41) is 42.6. The summed E-state index contributed by atoms with van der Waals surface area (Å²) in [6.45, 7) is 25.4. The molecule has 0 spiro atoms. The predicted molar refractivity (Wildman–Crippen MR) is 197 cm³/mol. The molecule has 0 heterocycles. The van der Waals surface area contributed by atoms with Crippen LogP contribution in [0.2, 0.25) is 0 Å². The molecule has 0 saturated carbocycles. The molecule has 0 bridgehead atoms. The SMILES string of the molecule is CC(C)(C)c1cc(CCCC(CCCc2cc(C(C)(C)C)cc(C(C)(C)C)c2O)(CSCCC(=O)O)C(=O)O)c(O)c(C(C)(C)C)c1. The van der Waals surface area contributed by atoms with Crippen molar-refractivity contribution in [1.29, 1.82) is 0 Å². The summed E-state index contributed by atoms with van der Waals surface area (Å²) in [6.07, 6.45) is 2.98. The fourth-order valence-corrected chi connectivity index (χ4v) is 7.25. The molecule has 2 aromatic rings. The minimum atomic E-state index is -1.07. The van der Waals surface area contributed by atoms with E-state index in [-0.39, 0.29) is 39.6 Å². The summed E-state index contributed by atoms with van der Waals surface area (Å²) < 4.78 is 0. The summed E-state index contributed by atoms with van der Waals surface area (Å²) >= 11 is 1.38. The van der Waals surface area contributed by atoms with E-state index in [4.69, 9.17) is 0 Å². The Labute approximate surface area is 288 Å². The van der Waals surface area contributed by atoms with E-state index in [9.17, 15) is 30.0 Å². The zero-order chi connectivity index (χ0) is 36.2. The van der Waals surface area contributed by atoms with Crippen molar-refractivity contribution in [3.05, 3.63) is 57.6 Å². The van der Waals surface area contributed by atoms with Gasteiger partial charge in [-0.15, -0.1) is 0 Å². The van der Waals surface area contributed by atoms with Gasteiger partial charge in [0.15, 0.2) is 0 Å². The number of thioether (sulfide) groups is 1. The highest BCUT2D eigenvalue weighted by molar-refractivity contribution is 7.99.